The molecule has 0 saturated heterocycles. The summed E-state index contributed by atoms with van der Waals surface area (Å²) in [6, 6.07) is 13.3. The van der Waals surface area contributed by atoms with E-state index in [4.69, 9.17) is 34.8 Å². The Morgan fingerprint density at radius 2 is 1.65 bits per heavy atom. The van der Waals surface area contributed by atoms with E-state index in [1.165, 1.54) is 4.90 Å². The molecule has 0 aromatic heterocycles. The van der Waals surface area contributed by atoms with Crippen molar-refractivity contribution in [2.45, 2.75) is 23.5 Å². The van der Waals surface area contributed by atoms with Gasteiger partial charge in [-0.15, -0.1) is 11.8 Å². The van der Waals surface area contributed by atoms with Crippen LogP contribution in [0.5, 0.6) is 0 Å². The number of carbonyl (C=O) groups excluding carboxylic acids is 1. The Balaban J connectivity index is 1.53. The summed E-state index contributed by atoms with van der Waals surface area (Å²) >= 11 is 21.6. The first-order valence-electron chi connectivity index (χ1n) is 8.22. The highest BCUT2D eigenvalue weighted by Crippen LogP contribution is 2.28. The number of nitrogens with one attached hydrogen (secondary N) is 1. The molecule has 0 radical (unpaired) electrons. The number of thioether (sulfide) groups is 2. The van der Waals surface area contributed by atoms with Crippen molar-refractivity contribution in [1.82, 2.24) is 5.32 Å². The van der Waals surface area contributed by atoms with Gasteiger partial charge in [-0.1, -0.05) is 40.9 Å². The van der Waals surface area contributed by atoms with Gasteiger partial charge in [0.05, 0.1) is 0 Å². The van der Waals surface area contributed by atoms with E-state index < -0.39 is 0 Å². The molecule has 26 heavy (non-hydrogen) atoms. The maximum absolute atomic E-state index is 11.9. The topological polar surface area (TPSA) is 29.1 Å². The number of hydrogen-bond donors (Lipinski definition) is 1. The van der Waals surface area contributed by atoms with Gasteiger partial charge in [0.2, 0.25) is 5.91 Å². The van der Waals surface area contributed by atoms with Crippen LogP contribution < -0.4 is 5.32 Å². The number of rotatable bonds is 10. The lowest BCUT2D eigenvalue weighted by atomic mass is 10.2. The molecule has 0 heterocycles. The minimum atomic E-state index is 0.0954. The van der Waals surface area contributed by atoms with Gasteiger partial charge in [-0.3, -0.25) is 4.79 Å². The molecule has 1 amide bonds. The van der Waals surface area contributed by atoms with Crippen LogP contribution in [-0.2, 0) is 10.5 Å². The van der Waals surface area contributed by atoms with Crippen LogP contribution in [0.15, 0.2) is 47.4 Å². The smallest absolute Gasteiger partial charge is 0.220 e. The molecule has 0 fully saturated rings. The Hall–Kier alpha value is -0.520. The normalized spacial score (nSPS) is 10.7. The second-order valence-electron chi connectivity index (χ2n) is 5.51. The molecule has 0 aliphatic heterocycles. The first kappa shape index (κ1) is 21.8. The summed E-state index contributed by atoms with van der Waals surface area (Å²) in [5.41, 5.74) is 0.950. The van der Waals surface area contributed by atoms with Crippen molar-refractivity contribution < 1.29 is 4.79 Å². The van der Waals surface area contributed by atoms with Crippen molar-refractivity contribution >= 4 is 64.2 Å². The first-order valence-corrected chi connectivity index (χ1v) is 11.5. The van der Waals surface area contributed by atoms with E-state index in [9.17, 15) is 4.79 Å². The van der Waals surface area contributed by atoms with Crippen molar-refractivity contribution in [3.8, 4) is 0 Å². The number of hydrogen-bond acceptors (Lipinski definition) is 3. The molecular formula is C19H20Cl3NOS2. The van der Waals surface area contributed by atoms with Gasteiger partial charge in [0.1, 0.15) is 0 Å². The van der Waals surface area contributed by atoms with Gasteiger partial charge < -0.3 is 5.32 Å². The van der Waals surface area contributed by atoms with E-state index >= 15 is 0 Å². The van der Waals surface area contributed by atoms with Crippen molar-refractivity contribution in [1.29, 1.82) is 0 Å². The Morgan fingerprint density at radius 1 is 0.962 bits per heavy atom. The van der Waals surface area contributed by atoms with Gasteiger partial charge in [0, 0.05) is 44.4 Å². The summed E-state index contributed by atoms with van der Waals surface area (Å²) < 4.78 is 0. The van der Waals surface area contributed by atoms with E-state index in [1.807, 2.05) is 42.5 Å². The number of carbonyl (C=O) groups is 1. The summed E-state index contributed by atoms with van der Waals surface area (Å²) in [6.45, 7) is 0.649. The molecule has 2 rings (SSSR count). The Morgan fingerprint density at radius 3 is 2.35 bits per heavy atom. The highest BCUT2D eigenvalue weighted by atomic mass is 35.5. The average Bonchev–Trinajstić information content (AvgIpc) is 2.62. The predicted molar refractivity (Wildman–Crippen MR) is 117 cm³/mol. The van der Waals surface area contributed by atoms with Crippen LogP contribution >= 0.6 is 58.3 Å². The summed E-state index contributed by atoms with van der Waals surface area (Å²) in [5.74, 6) is 2.58. The summed E-state index contributed by atoms with van der Waals surface area (Å²) in [5, 5.41) is 5.07. The maximum atomic E-state index is 11.9. The molecule has 0 spiro atoms. The molecule has 140 valence electrons. The lowest BCUT2D eigenvalue weighted by molar-refractivity contribution is -0.120. The third-order valence-electron chi connectivity index (χ3n) is 3.51. The molecule has 0 saturated carbocycles. The highest BCUT2D eigenvalue weighted by Gasteiger charge is 2.06. The quantitative estimate of drug-likeness (QED) is 0.329. The fraction of sp³-hybridized carbons (Fsp3) is 0.316. The number of amides is 1. The molecule has 0 unspecified atom stereocenters. The largest absolute Gasteiger partial charge is 0.355 e. The summed E-state index contributed by atoms with van der Waals surface area (Å²) in [7, 11) is 0. The molecule has 7 heteroatoms. The van der Waals surface area contributed by atoms with Crippen LogP contribution in [0.1, 0.15) is 18.4 Å². The third-order valence-corrected chi connectivity index (χ3v) is 6.55. The lowest BCUT2D eigenvalue weighted by Crippen LogP contribution is -2.25. The molecule has 2 aromatic carbocycles. The summed E-state index contributed by atoms with van der Waals surface area (Å²) in [6.07, 6.45) is 1.39. The fourth-order valence-electron chi connectivity index (χ4n) is 2.15. The molecule has 2 nitrogen and oxygen atoms in total. The van der Waals surface area contributed by atoms with Gasteiger partial charge in [0.15, 0.2) is 0 Å². The minimum absolute atomic E-state index is 0.0954. The van der Waals surface area contributed by atoms with Gasteiger partial charge in [0.25, 0.3) is 0 Å². The van der Waals surface area contributed by atoms with E-state index in [2.05, 4.69) is 5.32 Å². The van der Waals surface area contributed by atoms with E-state index in [0.717, 1.165) is 34.3 Å². The predicted octanol–water partition coefficient (Wildman–Crippen LogP) is 6.57. The Labute approximate surface area is 178 Å². The Kier molecular flexibility index (Phi) is 10.1. The van der Waals surface area contributed by atoms with E-state index in [-0.39, 0.29) is 5.91 Å². The number of benzene rings is 2. The molecule has 1 N–H and O–H groups in total. The molecule has 0 aliphatic carbocycles. The monoisotopic (exact) mass is 447 g/mol. The zero-order chi connectivity index (χ0) is 18.8. The van der Waals surface area contributed by atoms with Crippen molar-refractivity contribution in [3.63, 3.8) is 0 Å². The van der Waals surface area contributed by atoms with Gasteiger partial charge >= 0.3 is 0 Å². The SMILES string of the molecule is O=C(CCCSc1ccc(Cl)cc1)NCCSCc1c(Cl)cccc1Cl. The molecule has 2 aromatic rings. The van der Waals surface area contributed by atoms with Gasteiger partial charge in [-0.2, -0.15) is 11.8 Å². The highest BCUT2D eigenvalue weighted by molar-refractivity contribution is 7.99. The third kappa shape index (κ3) is 8.01. The Bertz CT molecular complexity index is 690. The molecule has 0 aliphatic rings. The first-order chi connectivity index (χ1) is 12.6. The minimum Gasteiger partial charge on any atom is -0.355 e. The van der Waals surface area contributed by atoms with Crippen LogP contribution in [0.3, 0.4) is 0 Å². The van der Waals surface area contributed by atoms with Crippen LogP contribution in [0, 0.1) is 0 Å². The zero-order valence-electron chi connectivity index (χ0n) is 14.1. The lowest BCUT2D eigenvalue weighted by Gasteiger charge is -2.08. The van der Waals surface area contributed by atoms with Crippen LogP contribution in [-0.4, -0.2) is 24.0 Å². The maximum Gasteiger partial charge on any atom is 0.220 e. The molecule has 0 atom stereocenters. The molecule has 0 bridgehead atoms. The summed E-state index contributed by atoms with van der Waals surface area (Å²) in [4.78, 5) is 13.0. The van der Waals surface area contributed by atoms with Crippen LogP contribution in [0.25, 0.3) is 0 Å². The fourth-order valence-corrected chi connectivity index (χ4v) is 4.72. The number of halogens is 3. The standard InChI is InChI=1S/C19H20Cl3NOS2/c20-14-6-8-15(9-7-14)26-11-2-5-19(24)23-10-12-25-13-16-17(21)3-1-4-18(16)22/h1,3-4,6-9H,2,5,10-13H2,(H,23,24). The van der Waals surface area contributed by atoms with Crippen LogP contribution in [0.4, 0.5) is 0 Å². The van der Waals surface area contributed by atoms with E-state index in [0.29, 0.717) is 23.0 Å². The van der Waals surface area contributed by atoms with Crippen molar-refractivity contribution in [2.24, 2.45) is 0 Å². The second kappa shape index (κ2) is 12.0. The molecular weight excluding hydrogens is 429 g/mol. The van der Waals surface area contributed by atoms with Crippen molar-refractivity contribution in [3.05, 3.63) is 63.1 Å². The second-order valence-corrected chi connectivity index (χ2v) is 9.03. The van der Waals surface area contributed by atoms with Gasteiger partial charge in [-0.25, -0.2) is 0 Å². The average molecular weight is 449 g/mol. The zero-order valence-corrected chi connectivity index (χ0v) is 18.0. The van der Waals surface area contributed by atoms with E-state index in [1.54, 1.807) is 23.5 Å². The van der Waals surface area contributed by atoms with Gasteiger partial charge in [-0.05, 0) is 54.1 Å². The van der Waals surface area contributed by atoms with Crippen molar-refractivity contribution in [2.75, 3.05) is 18.1 Å². The van der Waals surface area contributed by atoms with Crippen LogP contribution in [0.2, 0.25) is 15.1 Å².